The molecule has 1 fully saturated rings. The SMILES string of the molecule is CCCC(NC1CCc2c(F)cc(F)cc2C1)C(=O)Nc1cn(C2(C(=O)OC)CCC2)cn1. The van der Waals surface area contributed by atoms with Gasteiger partial charge in [0, 0.05) is 18.3 Å². The molecule has 2 aliphatic rings. The van der Waals surface area contributed by atoms with Crippen molar-refractivity contribution in [3.63, 3.8) is 0 Å². The van der Waals surface area contributed by atoms with Gasteiger partial charge in [-0.15, -0.1) is 0 Å². The molecule has 0 saturated heterocycles. The van der Waals surface area contributed by atoms with Crippen molar-refractivity contribution in [1.82, 2.24) is 14.9 Å². The number of esters is 1. The third kappa shape index (κ3) is 4.64. The zero-order valence-corrected chi connectivity index (χ0v) is 19.0. The maximum Gasteiger partial charge on any atom is 0.332 e. The van der Waals surface area contributed by atoms with E-state index in [1.807, 2.05) is 6.92 Å². The molecule has 1 aromatic heterocycles. The Bertz CT molecular complexity index is 1030. The van der Waals surface area contributed by atoms with Crippen LogP contribution in [0.25, 0.3) is 0 Å². The summed E-state index contributed by atoms with van der Waals surface area (Å²) < 4.78 is 34.4. The maximum atomic E-state index is 14.0. The summed E-state index contributed by atoms with van der Waals surface area (Å²) in [4.78, 5) is 29.6. The lowest BCUT2D eigenvalue weighted by atomic mass is 9.76. The zero-order chi connectivity index (χ0) is 23.6. The Morgan fingerprint density at radius 2 is 2.12 bits per heavy atom. The first-order valence-electron chi connectivity index (χ1n) is 11.5. The van der Waals surface area contributed by atoms with Crippen LogP contribution in [0.5, 0.6) is 0 Å². The topological polar surface area (TPSA) is 85.2 Å². The Balaban J connectivity index is 1.42. The second-order valence-electron chi connectivity index (χ2n) is 9.01. The van der Waals surface area contributed by atoms with Gasteiger partial charge in [0.25, 0.3) is 0 Å². The van der Waals surface area contributed by atoms with Crippen molar-refractivity contribution in [3.8, 4) is 0 Å². The molecule has 33 heavy (non-hydrogen) atoms. The molecule has 1 saturated carbocycles. The fraction of sp³-hybridized carbons (Fsp3) is 0.542. The molecular weight excluding hydrogens is 430 g/mol. The predicted molar refractivity (Wildman–Crippen MR) is 119 cm³/mol. The molecule has 1 aromatic carbocycles. The number of hydrogen-bond acceptors (Lipinski definition) is 5. The van der Waals surface area contributed by atoms with Gasteiger partial charge in [0.1, 0.15) is 17.2 Å². The Morgan fingerprint density at radius 3 is 2.79 bits per heavy atom. The number of benzene rings is 1. The van der Waals surface area contributed by atoms with Crippen LogP contribution in [0.4, 0.5) is 14.6 Å². The molecule has 0 radical (unpaired) electrons. The van der Waals surface area contributed by atoms with Gasteiger partial charge in [0.05, 0.1) is 19.5 Å². The first kappa shape index (κ1) is 23.4. The molecule has 178 valence electrons. The van der Waals surface area contributed by atoms with Gasteiger partial charge in [0.2, 0.25) is 5.91 Å². The van der Waals surface area contributed by atoms with E-state index >= 15 is 0 Å². The summed E-state index contributed by atoms with van der Waals surface area (Å²) in [5.74, 6) is -1.24. The van der Waals surface area contributed by atoms with Crippen molar-refractivity contribution in [1.29, 1.82) is 0 Å². The van der Waals surface area contributed by atoms with Gasteiger partial charge in [-0.05, 0) is 62.1 Å². The summed E-state index contributed by atoms with van der Waals surface area (Å²) in [5, 5.41) is 6.22. The molecule has 2 N–H and O–H groups in total. The smallest absolute Gasteiger partial charge is 0.332 e. The number of halogens is 2. The summed E-state index contributed by atoms with van der Waals surface area (Å²) in [7, 11) is 1.37. The third-order valence-corrected chi connectivity index (χ3v) is 6.87. The minimum absolute atomic E-state index is 0.0591. The number of nitrogens with one attached hydrogen (secondary N) is 2. The fourth-order valence-electron chi connectivity index (χ4n) is 4.91. The van der Waals surface area contributed by atoms with Gasteiger partial charge in [-0.1, -0.05) is 13.3 Å². The van der Waals surface area contributed by atoms with Crippen molar-refractivity contribution in [2.24, 2.45) is 0 Å². The molecule has 0 spiro atoms. The van der Waals surface area contributed by atoms with Crippen LogP contribution >= 0.6 is 0 Å². The number of imidazole rings is 1. The Kier molecular flexibility index (Phi) is 6.78. The number of aromatic nitrogens is 2. The normalized spacial score (nSPS) is 19.8. The first-order valence-corrected chi connectivity index (χ1v) is 11.5. The molecule has 4 rings (SSSR count). The molecule has 2 unspecified atom stereocenters. The van der Waals surface area contributed by atoms with E-state index in [1.165, 1.54) is 13.2 Å². The minimum Gasteiger partial charge on any atom is -0.467 e. The average Bonchev–Trinajstić information content (AvgIpc) is 3.20. The van der Waals surface area contributed by atoms with Gasteiger partial charge < -0.3 is 19.9 Å². The van der Waals surface area contributed by atoms with Crippen molar-refractivity contribution >= 4 is 17.7 Å². The molecule has 1 amide bonds. The van der Waals surface area contributed by atoms with Crippen LogP contribution in [0.2, 0.25) is 0 Å². The number of hydrogen-bond donors (Lipinski definition) is 2. The van der Waals surface area contributed by atoms with Gasteiger partial charge in [-0.25, -0.2) is 18.6 Å². The lowest BCUT2D eigenvalue weighted by Crippen LogP contribution is -2.48. The van der Waals surface area contributed by atoms with Crippen molar-refractivity contribution in [3.05, 3.63) is 47.4 Å². The van der Waals surface area contributed by atoms with Crippen LogP contribution < -0.4 is 10.6 Å². The summed E-state index contributed by atoms with van der Waals surface area (Å²) in [5.41, 5.74) is 0.470. The predicted octanol–water partition coefficient (Wildman–Crippen LogP) is 3.47. The first-order chi connectivity index (χ1) is 15.9. The summed E-state index contributed by atoms with van der Waals surface area (Å²) >= 11 is 0. The Hall–Kier alpha value is -2.81. The van der Waals surface area contributed by atoms with E-state index in [1.54, 1.807) is 17.1 Å². The third-order valence-electron chi connectivity index (χ3n) is 6.87. The molecule has 7 nitrogen and oxygen atoms in total. The number of rotatable bonds is 8. The van der Waals surface area contributed by atoms with Crippen LogP contribution in [0.3, 0.4) is 0 Å². The standard InChI is InChI=1S/C24H30F2N4O3/c1-3-5-20(28-17-6-7-18-15(11-17)10-16(25)12-19(18)26)22(31)29-21-13-30(14-27-21)24(8-4-9-24)23(32)33-2/h10,12-14,17,20,28H,3-9,11H2,1-2H3,(H,29,31). The molecule has 0 bridgehead atoms. The van der Waals surface area contributed by atoms with Crippen molar-refractivity contribution in [2.45, 2.75) is 75.9 Å². The fourth-order valence-corrected chi connectivity index (χ4v) is 4.91. The van der Waals surface area contributed by atoms with Gasteiger partial charge in [-0.3, -0.25) is 4.79 Å². The highest BCUT2D eigenvalue weighted by Crippen LogP contribution is 2.40. The largest absolute Gasteiger partial charge is 0.467 e. The number of amides is 1. The highest BCUT2D eigenvalue weighted by atomic mass is 19.1. The zero-order valence-electron chi connectivity index (χ0n) is 19.0. The number of carbonyl (C=O) groups is 2. The van der Waals surface area contributed by atoms with Crippen LogP contribution in [0.1, 0.15) is 56.6 Å². The monoisotopic (exact) mass is 460 g/mol. The average molecular weight is 461 g/mol. The van der Waals surface area contributed by atoms with E-state index in [-0.39, 0.29) is 17.9 Å². The van der Waals surface area contributed by atoms with Crippen molar-refractivity contribution < 1.29 is 23.1 Å². The highest BCUT2D eigenvalue weighted by Gasteiger charge is 2.47. The number of nitrogens with zero attached hydrogens (tertiary/aromatic N) is 2. The number of fused-ring (bicyclic) bond motifs is 1. The number of ether oxygens (including phenoxy) is 1. The van der Waals surface area contributed by atoms with Gasteiger partial charge in [-0.2, -0.15) is 0 Å². The maximum absolute atomic E-state index is 14.0. The summed E-state index contributed by atoms with van der Waals surface area (Å²) in [6.45, 7) is 1.99. The summed E-state index contributed by atoms with van der Waals surface area (Å²) in [6, 6.07) is 1.78. The molecule has 2 aliphatic carbocycles. The summed E-state index contributed by atoms with van der Waals surface area (Å²) in [6.07, 6.45) is 8.52. The minimum atomic E-state index is -0.744. The molecular formula is C24H30F2N4O3. The van der Waals surface area contributed by atoms with E-state index in [4.69, 9.17) is 4.74 Å². The number of methoxy groups -OCH3 is 1. The molecule has 1 heterocycles. The Morgan fingerprint density at radius 1 is 1.33 bits per heavy atom. The van der Waals surface area contributed by atoms with Gasteiger partial charge in [0.15, 0.2) is 5.82 Å². The van der Waals surface area contributed by atoms with E-state index in [9.17, 15) is 18.4 Å². The van der Waals surface area contributed by atoms with Crippen molar-refractivity contribution in [2.75, 3.05) is 12.4 Å². The van der Waals surface area contributed by atoms with Crippen LogP contribution in [0, 0.1) is 11.6 Å². The quantitative estimate of drug-likeness (QED) is 0.590. The van der Waals surface area contributed by atoms with E-state index in [2.05, 4.69) is 15.6 Å². The molecule has 2 aromatic rings. The lowest BCUT2D eigenvalue weighted by Gasteiger charge is -2.39. The number of anilines is 1. The Labute approximate surface area is 191 Å². The van der Waals surface area contributed by atoms with Crippen LogP contribution in [-0.2, 0) is 32.7 Å². The molecule has 2 atom stereocenters. The van der Waals surface area contributed by atoms with E-state index < -0.39 is 23.2 Å². The second kappa shape index (κ2) is 9.59. The lowest BCUT2D eigenvalue weighted by molar-refractivity contribution is -0.156. The number of carbonyl (C=O) groups excluding carboxylic acids is 2. The highest BCUT2D eigenvalue weighted by molar-refractivity contribution is 5.94. The molecule has 0 aliphatic heterocycles. The van der Waals surface area contributed by atoms with E-state index in [0.29, 0.717) is 55.5 Å². The second-order valence-corrected chi connectivity index (χ2v) is 9.01. The van der Waals surface area contributed by atoms with Gasteiger partial charge >= 0.3 is 5.97 Å². The van der Waals surface area contributed by atoms with E-state index in [0.717, 1.165) is 18.9 Å². The van der Waals surface area contributed by atoms with Crippen LogP contribution in [0.15, 0.2) is 24.7 Å². The van der Waals surface area contributed by atoms with Crippen LogP contribution in [-0.4, -0.2) is 40.6 Å². The molecule has 9 heteroatoms.